The van der Waals surface area contributed by atoms with Gasteiger partial charge >= 0.3 is 0 Å². The molecular formula is C11H20N2O2S. The lowest BCUT2D eigenvalue weighted by Crippen LogP contribution is -2.54. The fourth-order valence-electron chi connectivity index (χ4n) is 2.30. The smallest absolute Gasteiger partial charge is 0.238 e. The number of aliphatic hydroxyl groups is 1. The first-order valence-electron chi connectivity index (χ1n) is 6.07. The van der Waals surface area contributed by atoms with Gasteiger partial charge < -0.3 is 15.7 Å². The Morgan fingerprint density at radius 1 is 1.38 bits per heavy atom. The third-order valence-corrected chi connectivity index (χ3v) is 4.36. The van der Waals surface area contributed by atoms with Crippen molar-refractivity contribution in [3.63, 3.8) is 0 Å². The van der Waals surface area contributed by atoms with Gasteiger partial charge in [0.1, 0.15) is 0 Å². The lowest BCUT2D eigenvalue weighted by Gasteiger charge is -2.31. The van der Waals surface area contributed by atoms with Crippen LogP contribution in [0.1, 0.15) is 25.7 Å². The number of hydrogen-bond acceptors (Lipinski definition) is 4. The molecule has 2 aliphatic rings. The van der Waals surface area contributed by atoms with Crippen LogP contribution in [-0.2, 0) is 4.79 Å². The first-order chi connectivity index (χ1) is 7.77. The number of thioether (sulfide) groups is 1. The van der Waals surface area contributed by atoms with Crippen LogP contribution in [0.2, 0.25) is 0 Å². The summed E-state index contributed by atoms with van der Waals surface area (Å²) in [6, 6.07) is -0.108. The Morgan fingerprint density at radius 3 is 2.88 bits per heavy atom. The van der Waals surface area contributed by atoms with Crippen molar-refractivity contribution in [1.82, 2.24) is 10.6 Å². The third-order valence-electron chi connectivity index (χ3n) is 3.30. The average molecular weight is 244 g/mol. The van der Waals surface area contributed by atoms with Crippen LogP contribution < -0.4 is 10.6 Å². The van der Waals surface area contributed by atoms with E-state index in [0.29, 0.717) is 0 Å². The van der Waals surface area contributed by atoms with Crippen molar-refractivity contribution in [2.24, 2.45) is 0 Å². The molecule has 1 saturated heterocycles. The van der Waals surface area contributed by atoms with E-state index in [1.807, 2.05) is 11.8 Å². The SMILES string of the molecule is O=C(N[C@H]1CCCC[C@@H]1O)C1CSCCN1. The van der Waals surface area contributed by atoms with E-state index in [2.05, 4.69) is 10.6 Å². The normalized spacial score (nSPS) is 35.7. The Hall–Kier alpha value is -0.260. The van der Waals surface area contributed by atoms with Crippen LogP contribution in [0.3, 0.4) is 0 Å². The molecule has 1 aliphatic carbocycles. The zero-order valence-corrected chi connectivity index (χ0v) is 10.3. The maximum atomic E-state index is 11.9. The summed E-state index contributed by atoms with van der Waals surface area (Å²) in [5.41, 5.74) is 0. The Kier molecular flexibility index (Phi) is 4.49. The van der Waals surface area contributed by atoms with Gasteiger partial charge in [0.2, 0.25) is 5.91 Å². The summed E-state index contributed by atoms with van der Waals surface area (Å²) in [6.07, 6.45) is 3.55. The largest absolute Gasteiger partial charge is 0.391 e. The monoisotopic (exact) mass is 244 g/mol. The lowest BCUT2D eigenvalue weighted by atomic mass is 9.92. The van der Waals surface area contributed by atoms with E-state index in [0.717, 1.165) is 43.7 Å². The molecular weight excluding hydrogens is 224 g/mol. The van der Waals surface area contributed by atoms with Crippen molar-refractivity contribution in [2.45, 2.75) is 43.9 Å². The van der Waals surface area contributed by atoms with Crippen LogP contribution in [0, 0.1) is 0 Å². The van der Waals surface area contributed by atoms with Gasteiger partial charge in [-0.25, -0.2) is 0 Å². The predicted molar refractivity (Wildman–Crippen MR) is 65.5 cm³/mol. The number of rotatable bonds is 2. The van der Waals surface area contributed by atoms with Gasteiger partial charge in [0.25, 0.3) is 0 Å². The zero-order valence-electron chi connectivity index (χ0n) is 9.45. The molecule has 0 bridgehead atoms. The van der Waals surface area contributed by atoms with E-state index in [9.17, 15) is 9.90 Å². The molecule has 1 unspecified atom stereocenters. The van der Waals surface area contributed by atoms with Crippen LogP contribution in [0.5, 0.6) is 0 Å². The molecule has 0 aromatic heterocycles. The highest BCUT2D eigenvalue weighted by Crippen LogP contribution is 2.18. The minimum Gasteiger partial charge on any atom is -0.391 e. The second-order valence-corrected chi connectivity index (χ2v) is 5.70. The molecule has 0 aromatic rings. The van der Waals surface area contributed by atoms with Gasteiger partial charge in [0, 0.05) is 18.1 Å². The van der Waals surface area contributed by atoms with Crippen LogP contribution in [0.15, 0.2) is 0 Å². The molecule has 2 rings (SSSR count). The first kappa shape index (κ1) is 12.2. The predicted octanol–water partition coefficient (Wildman–Crippen LogP) is 0.111. The molecule has 1 heterocycles. The Bertz CT molecular complexity index is 244. The average Bonchev–Trinajstić information content (AvgIpc) is 2.33. The van der Waals surface area contributed by atoms with E-state index >= 15 is 0 Å². The number of amides is 1. The topological polar surface area (TPSA) is 61.4 Å². The summed E-state index contributed by atoms with van der Waals surface area (Å²) < 4.78 is 0. The standard InChI is InChI=1S/C11H20N2O2S/c14-10-4-2-1-3-8(10)13-11(15)9-7-16-6-5-12-9/h8-10,12,14H,1-7H2,(H,13,15)/t8-,9?,10-/m0/s1. The molecule has 5 heteroatoms. The molecule has 1 aliphatic heterocycles. The second kappa shape index (κ2) is 5.89. The minimum atomic E-state index is -0.353. The Morgan fingerprint density at radius 2 is 2.19 bits per heavy atom. The van der Waals surface area contributed by atoms with Gasteiger partial charge in [-0.15, -0.1) is 0 Å². The lowest BCUT2D eigenvalue weighted by molar-refractivity contribution is -0.124. The summed E-state index contributed by atoms with van der Waals surface area (Å²) in [7, 11) is 0. The first-order valence-corrected chi connectivity index (χ1v) is 7.22. The summed E-state index contributed by atoms with van der Waals surface area (Å²) in [4.78, 5) is 11.9. The van der Waals surface area contributed by atoms with E-state index < -0.39 is 0 Å². The molecule has 0 aromatic carbocycles. The van der Waals surface area contributed by atoms with Crippen LogP contribution in [0.4, 0.5) is 0 Å². The van der Waals surface area contributed by atoms with Crippen molar-refractivity contribution < 1.29 is 9.90 Å². The van der Waals surface area contributed by atoms with Crippen LogP contribution in [0.25, 0.3) is 0 Å². The molecule has 92 valence electrons. The molecule has 0 spiro atoms. The maximum absolute atomic E-state index is 11.9. The van der Waals surface area contributed by atoms with E-state index in [1.165, 1.54) is 0 Å². The van der Waals surface area contributed by atoms with Gasteiger partial charge in [-0.2, -0.15) is 11.8 Å². The molecule has 1 amide bonds. The fraction of sp³-hybridized carbons (Fsp3) is 0.909. The van der Waals surface area contributed by atoms with Gasteiger partial charge in [0.05, 0.1) is 18.2 Å². The molecule has 3 atom stereocenters. The van der Waals surface area contributed by atoms with Crippen molar-refractivity contribution in [1.29, 1.82) is 0 Å². The molecule has 16 heavy (non-hydrogen) atoms. The van der Waals surface area contributed by atoms with Crippen LogP contribution in [-0.4, -0.2) is 47.3 Å². The molecule has 2 fully saturated rings. The van der Waals surface area contributed by atoms with Gasteiger partial charge in [-0.05, 0) is 12.8 Å². The fourth-order valence-corrected chi connectivity index (χ4v) is 3.23. The summed E-state index contributed by atoms with van der Waals surface area (Å²) in [5.74, 6) is 1.97. The van der Waals surface area contributed by atoms with E-state index in [-0.39, 0.29) is 24.1 Å². The van der Waals surface area contributed by atoms with Crippen molar-refractivity contribution in [3.05, 3.63) is 0 Å². The van der Waals surface area contributed by atoms with E-state index in [1.54, 1.807) is 0 Å². The second-order valence-electron chi connectivity index (χ2n) is 4.55. The molecule has 3 N–H and O–H groups in total. The number of carbonyl (C=O) groups excluding carboxylic acids is 1. The van der Waals surface area contributed by atoms with E-state index in [4.69, 9.17) is 0 Å². The Labute approximate surface area is 101 Å². The maximum Gasteiger partial charge on any atom is 0.238 e. The van der Waals surface area contributed by atoms with Gasteiger partial charge in [-0.3, -0.25) is 4.79 Å². The molecule has 4 nitrogen and oxygen atoms in total. The quantitative estimate of drug-likeness (QED) is 0.645. The molecule has 1 saturated carbocycles. The number of nitrogens with one attached hydrogen (secondary N) is 2. The van der Waals surface area contributed by atoms with Crippen LogP contribution >= 0.6 is 11.8 Å². The number of hydrogen-bond donors (Lipinski definition) is 3. The zero-order chi connectivity index (χ0) is 11.4. The van der Waals surface area contributed by atoms with Crippen molar-refractivity contribution in [3.8, 4) is 0 Å². The van der Waals surface area contributed by atoms with Gasteiger partial charge in [0.15, 0.2) is 0 Å². The summed E-state index contributed by atoms with van der Waals surface area (Å²) >= 11 is 1.81. The highest BCUT2D eigenvalue weighted by atomic mass is 32.2. The minimum absolute atomic E-state index is 0.0324. The Balaban J connectivity index is 1.80. The summed E-state index contributed by atoms with van der Waals surface area (Å²) in [6.45, 7) is 0.899. The third kappa shape index (κ3) is 3.12. The number of aliphatic hydroxyl groups excluding tert-OH is 1. The molecule has 0 radical (unpaired) electrons. The van der Waals surface area contributed by atoms with Gasteiger partial charge in [-0.1, -0.05) is 12.8 Å². The highest BCUT2D eigenvalue weighted by molar-refractivity contribution is 7.99. The number of carbonyl (C=O) groups is 1. The van der Waals surface area contributed by atoms with Crippen molar-refractivity contribution >= 4 is 17.7 Å². The van der Waals surface area contributed by atoms with Crippen molar-refractivity contribution in [2.75, 3.05) is 18.1 Å². The summed E-state index contributed by atoms with van der Waals surface area (Å²) in [5, 5.41) is 16.0. The highest BCUT2D eigenvalue weighted by Gasteiger charge is 2.28.